The number of sulfonamides is 1. The van der Waals surface area contributed by atoms with Gasteiger partial charge in [0, 0.05) is 25.3 Å². The lowest BCUT2D eigenvalue weighted by Crippen LogP contribution is -2.38. The molecule has 0 bridgehead atoms. The van der Waals surface area contributed by atoms with E-state index in [4.69, 9.17) is 0 Å². The van der Waals surface area contributed by atoms with Crippen LogP contribution in [0.2, 0.25) is 0 Å². The van der Waals surface area contributed by atoms with Crippen molar-refractivity contribution in [3.8, 4) is 0 Å². The number of hydrogen-bond donors (Lipinski definition) is 2. The molecule has 2 aromatic rings. The third-order valence-corrected chi connectivity index (χ3v) is 5.28. The summed E-state index contributed by atoms with van der Waals surface area (Å²) in [5.41, 5.74) is 0.801. The number of nitrogens with one attached hydrogen (secondary N) is 2. The third-order valence-electron chi connectivity index (χ3n) is 3.64. The van der Waals surface area contributed by atoms with E-state index in [2.05, 4.69) is 24.6 Å². The van der Waals surface area contributed by atoms with Gasteiger partial charge in [-0.25, -0.2) is 23.1 Å². The fraction of sp³-hybridized carbons (Fsp3) is 0.538. The van der Waals surface area contributed by atoms with Gasteiger partial charge in [0.25, 0.3) is 0 Å². The first-order valence-corrected chi connectivity index (χ1v) is 8.77. The van der Waals surface area contributed by atoms with E-state index in [0.29, 0.717) is 13.0 Å². The highest BCUT2D eigenvalue weighted by Gasteiger charge is 2.27. The van der Waals surface area contributed by atoms with E-state index in [0.717, 1.165) is 29.8 Å². The molecule has 0 amide bonds. The van der Waals surface area contributed by atoms with Crippen LogP contribution in [0.5, 0.6) is 0 Å². The summed E-state index contributed by atoms with van der Waals surface area (Å²) in [6, 6.07) is 1.89. The van der Waals surface area contributed by atoms with Crippen molar-refractivity contribution >= 4 is 26.9 Å². The van der Waals surface area contributed by atoms with Crippen LogP contribution in [0.4, 0.5) is 5.82 Å². The van der Waals surface area contributed by atoms with Gasteiger partial charge in [-0.05, 0) is 18.9 Å². The molecule has 3 rings (SSSR count). The van der Waals surface area contributed by atoms with Gasteiger partial charge >= 0.3 is 0 Å². The van der Waals surface area contributed by atoms with Gasteiger partial charge in [0.1, 0.15) is 17.8 Å². The molecule has 0 aromatic carbocycles. The predicted molar refractivity (Wildman–Crippen MR) is 81.7 cm³/mol. The minimum atomic E-state index is -3.17. The molecule has 2 aromatic heterocycles. The molecule has 7 nitrogen and oxygen atoms in total. The molecule has 1 unspecified atom stereocenters. The first-order chi connectivity index (χ1) is 10.1. The first kappa shape index (κ1) is 14.3. The Morgan fingerprint density at radius 1 is 1.48 bits per heavy atom. The number of fused-ring (bicyclic) bond motifs is 1. The highest BCUT2D eigenvalue weighted by Crippen LogP contribution is 2.25. The van der Waals surface area contributed by atoms with E-state index >= 15 is 0 Å². The Labute approximate surface area is 123 Å². The van der Waals surface area contributed by atoms with E-state index in [1.165, 1.54) is 6.33 Å². The van der Waals surface area contributed by atoms with Gasteiger partial charge in [0.15, 0.2) is 0 Å². The normalized spacial score (nSPS) is 19.5. The van der Waals surface area contributed by atoms with Crippen LogP contribution in [0.25, 0.3) is 11.0 Å². The molecule has 0 radical (unpaired) electrons. The van der Waals surface area contributed by atoms with Gasteiger partial charge in [-0.15, -0.1) is 0 Å². The molecule has 1 atom stereocenters. The summed E-state index contributed by atoms with van der Waals surface area (Å²) in [5.74, 6) is 1.04. The zero-order valence-corrected chi connectivity index (χ0v) is 12.7. The molecule has 8 heteroatoms. The lowest BCUT2D eigenvalue weighted by atomic mass is 10.3. The lowest BCUT2D eigenvalue weighted by molar-refractivity contribution is 0.560. The van der Waals surface area contributed by atoms with Gasteiger partial charge < -0.3 is 9.88 Å². The molecule has 2 N–H and O–H groups in total. The second-order valence-electron chi connectivity index (χ2n) is 5.31. The lowest BCUT2D eigenvalue weighted by Gasteiger charge is -2.18. The second-order valence-corrected chi connectivity index (χ2v) is 7.18. The molecule has 3 heterocycles. The molecule has 1 aliphatic heterocycles. The average molecular weight is 309 g/mol. The number of nitrogens with zero attached hydrogens (tertiary/aromatic N) is 3. The van der Waals surface area contributed by atoms with Gasteiger partial charge in [0.2, 0.25) is 10.0 Å². The van der Waals surface area contributed by atoms with Crippen molar-refractivity contribution in [2.45, 2.75) is 25.8 Å². The minimum Gasteiger partial charge on any atom is -0.354 e. The molecule has 21 heavy (non-hydrogen) atoms. The monoisotopic (exact) mass is 309 g/mol. The fourth-order valence-corrected chi connectivity index (χ4v) is 4.10. The summed E-state index contributed by atoms with van der Waals surface area (Å²) >= 11 is 0. The Balaban J connectivity index is 1.74. The summed E-state index contributed by atoms with van der Waals surface area (Å²) in [4.78, 5) is 13.7. The van der Waals surface area contributed by atoms with Crippen molar-refractivity contribution in [1.82, 2.24) is 19.7 Å². The molecule has 114 valence electrons. The third kappa shape index (κ3) is 3.01. The van der Waals surface area contributed by atoms with Crippen molar-refractivity contribution in [2.75, 3.05) is 23.7 Å². The zero-order valence-electron chi connectivity index (χ0n) is 11.9. The van der Waals surface area contributed by atoms with Crippen LogP contribution in [0, 0.1) is 0 Å². The van der Waals surface area contributed by atoms with Crippen LogP contribution in [-0.4, -0.2) is 48.3 Å². The van der Waals surface area contributed by atoms with Gasteiger partial charge in [0.05, 0.1) is 11.1 Å². The molecule has 0 spiro atoms. The molecule has 0 aliphatic carbocycles. The summed E-state index contributed by atoms with van der Waals surface area (Å²) in [5, 5.41) is 0.967. The smallest absolute Gasteiger partial charge is 0.211 e. The van der Waals surface area contributed by atoms with Crippen molar-refractivity contribution in [3.63, 3.8) is 0 Å². The number of rotatable bonds is 5. The highest BCUT2D eigenvalue weighted by molar-refractivity contribution is 7.89. The molecule has 0 saturated carbocycles. The van der Waals surface area contributed by atoms with Crippen molar-refractivity contribution in [2.24, 2.45) is 0 Å². The van der Waals surface area contributed by atoms with Gasteiger partial charge in [-0.1, -0.05) is 6.92 Å². The SMILES string of the molecule is CCCS(=O)(=O)NC1CCN(c2ncnc3[nH]ccc23)C1. The fourth-order valence-electron chi connectivity index (χ4n) is 2.74. The van der Waals surface area contributed by atoms with E-state index in [1.807, 2.05) is 19.2 Å². The molecule has 1 aliphatic rings. The molecular formula is C13H19N5O2S. The Bertz CT molecular complexity index is 727. The maximum Gasteiger partial charge on any atom is 0.211 e. The Morgan fingerprint density at radius 3 is 3.14 bits per heavy atom. The largest absolute Gasteiger partial charge is 0.354 e. The van der Waals surface area contributed by atoms with Crippen LogP contribution < -0.4 is 9.62 Å². The maximum atomic E-state index is 11.8. The number of aromatic nitrogens is 3. The summed E-state index contributed by atoms with van der Waals surface area (Å²) in [6.07, 6.45) is 4.78. The number of hydrogen-bond acceptors (Lipinski definition) is 5. The average Bonchev–Trinajstić information content (AvgIpc) is 3.05. The Morgan fingerprint density at radius 2 is 2.33 bits per heavy atom. The summed E-state index contributed by atoms with van der Waals surface area (Å²) in [6.45, 7) is 3.29. The molecule has 1 fully saturated rings. The predicted octanol–water partition coefficient (Wildman–Crippen LogP) is 0.866. The second kappa shape index (κ2) is 5.61. The number of anilines is 1. The number of aromatic amines is 1. The standard InChI is InChI=1S/C13H19N5O2S/c1-2-7-21(19,20)17-10-4-6-18(8-10)13-11-3-5-14-12(11)15-9-16-13/h3,5,9-10,17H,2,4,6-8H2,1H3,(H,14,15,16). The summed E-state index contributed by atoms with van der Waals surface area (Å²) in [7, 11) is -3.17. The van der Waals surface area contributed by atoms with E-state index in [-0.39, 0.29) is 11.8 Å². The van der Waals surface area contributed by atoms with Crippen LogP contribution in [0.3, 0.4) is 0 Å². The van der Waals surface area contributed by atoms with E-state index in [9.17, 15) is 8.42 Å². The molecule has 1 saturated heterocycles. The Kier molecular flexibility index (Phi) is 3.81. The van der Waals surface area contributed by atoms with E-state index < -0.39 is 10.0 Å². The van der Waals surface area contributed by atoms with E-state index in [1.54, 1.807) is 0 Å². The quantitative estimate of drug-likeness (QED) is 0.855. The van der Waals surface area contributed by atoms with Gasteiger partial charge in [-0.2, -0.15) is 0 Å². The van der Waals surface area contributed by atoms with Crippen LogP contribution in [0.15, 0.2) is 18.6 Å². The molecular weight excluding hydrogens is 290 g/mol. The maximum absolute atomic E-state index is 11.8. The van der Waals surface area contributed by atoms with Crippen LogP contribution in [-0.2, 0) is 10.0 Å². The topological polar surface area (TPSA) is 91.0 Å². The van der Waals surface area contributed by atoms with Crippen LogP contribution in [0.1, 0.15) is 19.8 Å². The number of H-pyrrole nitrogens is 1. The summed E-state index contributed by atoms with van der Waals surface area (Å²) < 4.78 is 26.5. The minimum absolute atomic E-state index is 0.0505. The van der Waals surface area contributed by atoms with Gasteiger partial charge in [-0.3, -0.25) is 0 Å². The van der Waals surface area contributed by atoms with Crippen molar-refractivity contribution < 1.29 is 8.42 Å². The Hall–Kier alpha value is -1.67. The highest BCUT2D eigenvalue weighted by atomic mass is 32.2. The van der Waals surface area contributed by atoms with Crippen molar-refractivity contribution in [3.05, 3.63) is 18.6 Å². The van der Waals surface area contributed by atoms with Crippen molar-refractivity contribution in [1.29, 1.82) is 0 Å². The zero-order chi connectivity index (χ0) is 14.9. The first-order valence-electron chi connectivity index (χ1n) is 7.12. The van der Waals surface area contributed by atoms with Crippen LogP contribution >= 0.6 is 0 Å².